The van der Waals surface area contributed by atoms with Gasteiger partial charge in [-0.1, -0.05) is 136 Å². The second-order valence-corrected chi connectivity index (χ2v) is 11.5. The number of nitrogens with one attached hydrogen (secondary N) is 1. The fourth-order valence-electron chi connectivity index (χ4n) is 4.35. The molecule has 0 atom stereocenters. The van der Waals surface area contributed by atoms with Crippen molar-refractivity contribution in [2.75, 3.05) is 0 Å². The highest BCUT2D eigenvalue weighted by molar-refractivity contribution is 7.98. The molecule has 3 rings (SSSR count). The van der Waals surface area contributed by atoms with Crippen LogP contribution in [-0.2, 0) is 17.1 Å². The first kappa shape index (κ1) is 30.5. The molecule has 0 unspecified atom stereocenters. The Morgan fingerprint density at radius 2 is 1.53 bits per heavy atom. The number of unbranched alkanes of at least 4 members (excludes halogenated alkanes) is 10. The van der Waals surface area contributed by atoms with Crippen LogP contribution in [0.4, 0.5) is 0 Å². The molecule has 0 spiro atoms. The van der Waals surface area contributed by atoms with E-state index in [1.54, 1.807) is 23.9 Å². The number of benzene rings is 2. The van der Waals surface area contributed by atoms with Crippen LogP contribution >= 0.6 is 35.0 Å². The summed E-state index contributed by atoms with van der Waals surface area (Å²) in [6, 6.07) is 15.6. The van der Waals surface area contributed by atoms with Gasteiger partial charge in [0.05, 0.1) is 17.3 Å². The number of hydrogen-bond acceptors (Lipinski definition) is 4. The second kappa shape index (κ2) is 17.5. The van der Waals surface area contributed by atoms with E-state index in [0.717, 1.165) is 24.3 Å². The van der Waals surface area contributed by atoms with Crippen molar-refractivity contribution in [2.24, 2.45) is 0 Å². The maximum absolute atomic E-state index is 12.5. The fourth-order valence-corrected chi connectivity index (χ4v) is 5.76. The zero-order valence-corrected chi connectivity index (χ0v) is 24.8. The molecule has 0 radical (unpaired) electrons. The summed E-state index contributed by atoms with van der Waals surface area (Å²) in [5.41, 5.74) is 1.93. The Balaban J connectivity index is 1.47. The third-order valence-electron chi connectivity index (χ3n) is 6.51. The lowest BCUT2D eigenvalue weighted by Crippen LogP contribution is -2.24. The Bertz CT molecular complexity index is 1110. The van der Waals surface area contributed by atoms with Crippen molar-refractivity contribution >= 4 is 40.9 Å². The topological polar surface area (TPSA) is 59.8 Å². The van der Waals surface area contributed by atoms with Crippen LogP contribution < -0.4 is 5.32 Å². The van der Waals surface area contributed by atoms with Gasteiger partial charge in [-0.15, -0.1) is 10.2 Å². The van der Waals surface area contributed by atoms with Gasteiger partial charge >= 0.3 is 0 Å². The van der Waals surface area contributed by atoms with E-state index in [0.29, 0.717) is 27.4 Å². The van der Waals surface area contributed by atoms with Gasteiger partial charge in [0.15, 0.2) is 11.0 Å². The third-order valence-corrected chi connectivity index (χ3v) is 8.05. The molecule has 0 fully saturated rings. The van der Waals surface area contributed by atoms with E-state index in [1.807, 2.05) is 28.8 Å². The number of hydrogen-bond donors (Lipinski definition) is 1. The van der Waals surface area contributed by atoms with Crippen LogP contribution in [0.25, 0.3) is 5.69 Å². The molecule has 1 N–H and O–H groups in total. The number of halogens is 2. The molecule has 38 heavy (non-hydrogen) atoms. The minimum atomic E-state index is 0.0381. The summed E-state index contributed by atoms with van der Waals surface area (Å²) in [5.74, 6) is 1.42. The lowest BCUT2D eigenvalue weighted by molar-refractivity contribution is -0.121. The van der Waals surface area contributed by atoms with Crippen molar-refractivity contribution in [1.29, 1.82) is 0 Å². The van der Waals surface area contributed by atoms with Crippen LogP contribution in [0, 0.1) is 0 Å². The van der Waals surface area contributed by atoms with Crippen molar-refractivity contribution in [3.05, 3.63) is 70.0 Å². The predicted octanol–water partition coefficient (Wildman–Crippen LogP) is 9.18. The number of carbonyl (C=O) groups is 1. The first-order chi connectivity index (χ1) is 18.6. The minimum Gasteiger partial charge on any atom is -0.349 e. The highest BCUT2D eigenvalue weighted by atomic mass is 35.5. The number of carbonyl (C=O) groups excluding carboxylic acids is 1. The number of rotatable bonds is 18. The van der Waals surface area contributed by atoms with Crippen LogP contribution in [0.15, 0.2) is 53.7 Å². The average molecular weight is 576 g/mol. The predicted molar refractivity (Wildman–Crippen MR) is 160 cm³/mol. The molecule has 1 heterocycles. The standard InChI is InChI=1S/C30H40Cl2N4OS/c1-2-3-4-5-6-7-8-9-10-11-15-18-29(37)33-22-28-34-35-30(38-23-24-16-13-12-14-17-24)36(28)27-20-19-25(31)21-26(27)32/h12-14,16-17,19-21H,2-11,15,18,22-23H2,1H3,(H,33,37). The summed E-state index contributed by atoms with van der Waals surface area (Å²) in [6.45, 7) is 2.54. The van der Waals surface area contributed by atoms with Gasteiger partial charge in [-0.25, -0.2) is 0 Å². The first-order valence-electron chi connectivity index (χ1n) is 13.9. The third kappa shape index (κ3) is 10.6. The molecule has 0 saturated carbocycles. The van der Waals surface area contributed by atoms with E-state index < -0.39 is 0 Å². The smallest absolute Gasteiger partial charge is 0.220 e. The maximum Gasteiger partial charge on any atom is 0.220 e. The van der Waals surface area contributed by atoms with Crippen molar-refractivity contribution in [3.63, 3.8) is 0 Å². The van der Waals surface area contributed by atoms with E-state index >= 15 is 0 Å². The van der Waals surface area contributed by atoms with Gasteiger partial charge in [0.2, 0.25) is 5.91 Å². The Hall–Kier alpha value is -2.02. The summed E-state index contributed by atoms with van der Waals surface area (Å²) in [5, 5.41) is 13.6. The van der Waals surface area contributed by atoms with Gasteiger partial charge in [0.25, 0.3) is 0 Å². The minimum absolute atomic E-state index is 0.0381. The number of thioether (sulfide) groups is 1. The van der Waals surface area contributed by atoms with E-state index in [4.69, 9.17) is 23.2 Å². The molecular formula is C30H40Cl2N4OS. The number of nitrogens with zero attached hydrogens (tertiary/aromatic N) is 3. The van der Waals surface area contributed by atoms with E-state index in [9.17, 15) is 4.79 Å². The van der Waals surface area contributed by atoms with Gasteiger partial charge < -0.3 is 5.32 Å². The molecule has 0 aliphatic carbocycles. The molecule has 2 aromatic carbocycles. The van der Waals surface area contributed by atoms with Crippen LogP contribution in [0.1, 0.15) is 95.4 Å². The van der Waals surface area contributed by atoms with E-state index in [2.05, 4.69) is 34.6 Å². The summed E-state index contributed by atoms with van der Waals surface area (Å²) < 4.78 is 1.91. The molecule has 0 bridgehead atoms. The molecule has 5 nitrogen and oxygen atoms in total. The summed E-state index contributed by atoms with van der Waals surface area (Å²) >= 11 is 14.3. The summed E-state index contributed by atoms with van der Waals surface area (Å²) in [6.07, 6.45) is 14.4. The SMILES string of the molecule is CCCCCCCCCCCCCC(=O)NCc1nnc(SCc2ccccc2)n1-c1ccc(Cl)cc1Cl. The fraction of sp³-hybridized carbons (Fsp3) is 0.500. The quantitative estimate of drug-likeness (QED) is 0.121. The second-order valence-electron chi connectivity index (χ2n) is 9.67. The molecule has 1 aromatic heterocycles. The van der Waals surface area contributed by atoms with Crippen LogP contribution in [-0.4, -0.2) is 20.7 Å². The first-order valence-corrected chi connectivity index (χ1v) is 15.7. The van der Waals surface area contributed by atoms with Gasteiger partial charge in [0, 0.05) is 17.2 Å². The Labute approximate surface area is 242 Å². The highest BCUT2D eigenvalue weighted by Crippen LogP contribution is 2.30. The van der Waals surface area contributed by atoms with E-state index in [-0.39, 0.29) is 12.5 Å². The Kier molecular flexibility index (Phi) is 14.1. The van der Waals surface area contributed by atoms with Gasteiger partial charge in [-0.05, 0) is 30.2 Å². The Morgan fingerprint density at radius 1 is 0.868 bits per heavy atom. The molecule has 0 aliphatic rings. The molecule has 0 aliphatic heterocycles. The summed E-state index contributed by atoms with van der Waals surface area (Å²) in [4.78, 5) is 12.5. The van der Waals surface area contributed by atoms with Crippen LogP contribution in [0.5, 0.6) is 0 Å². The van der Waals surface area contributed by atoms with Gasteiger partial charge in [-0.3, -0.25) is 9.36 Å². The zero-order chi connectivity index (χ0) is 27.0. The van der Waals surface area contributed by atoms with E-state index in [1.165, 1.54) is 63.4 Å². The monoisotopic (exact) mass is 574 g/mol. The highest BCUT2D eigenvalue weighted by Gasteiger charge is 2.18. The van der Waals surface area contributed by atoms with Crippen LogP contribution in [0.2, 0.25) is 10.0 Å². The van der Waals surface area contributed by atoms with Crippen molar-refractivity contribution in [1.82, 2.24) is 20.1 Å². The molecule has 8 heteroatoms. The number of aromatic nitrogens is 3. The normalized spacial score (nSPS) is 11.1. The van der Waals surface area contributed by atoms with Crippen LogP contribution in [0.3, 0.4) is 0 Å². The van der Waals surface area contributed by atoms with Gasteiger partial charge in [-0.2, -0.15) is 0 Å². The lowest BCUT2D eigenvalue weighted by atomic mass is 10.1. The molecule has 0 saturated heterocycles. The number of amides is 1. The summed E-state index contributed by atoms with van der Waals surface area (Å²) in [7, 11) is 0. The van der Waals surface area contributed by atoms with Gasteiger partial charge in [0.1, 0.15) is 0 Å². The zero-order valence-electron chi connectivity index (χ0n) is 22.4. The molecule has 206 valence electrons. The van der Waals surface area contributed by atoms with Crippen molar-refractivity contribution < 1.29 is 4.79 Å². The largest absolute Gasteiger partial charge is 0.349 e. The van der Waals surface area contributed by atoms with Crippen molar-refractivity contribution in [2.45, 2.75) is 101 Å². The molecule has 1 amide bonds. The average Bonchev–Trinajstić information content (AvgIpc) is 3.32. The molecule has 3 aromatic rings. The molecular weight excluding hydrogens is 535 g/mol. The van der Waals surface area contributed by atoms with Crippen molar-refractivity contribution in [3.8, 4) is 5.69 Å². The lowest BCUT2D eigenvalue weighted by Gasteiger charge is -2.13. The maximum atomic E-state index is 12.5. The Morgan fingerprint density at radius 3 is 2.18 bits per heavy atom.